The van der Waals surface area contributed by atoms with Crippen LogP contribution in [0.2, 0.25) is 0 Å². The van der Waals surface area contributed by atoms with Gasteiger partial charge in [0.05, 0.1) is 22.7 Å². The third-order valence-corrected chi connectivity index (χ3v) is 5.66. The monoisotopic (exact) mass is 219 g/mol. The number of nitrogens with one attached hydrogen (secondary N) is 1. The van der Waals surface area contributed by atoms with Crippen LogP contribution < -0.4 is 5.32 Å². The van der Waals surface area contributed by atoms with E-state index in [9.17, 15) is 8.42 Å². The van der Waals surface area contributed by atoms with Crippen molar-refractivity contribution in [1.29, 1.82) is 0 Å². The third-order valence-electron chi connectivity index (χ3n) is 3.38. The van der Waals surface area contributed by atoms with Gasteiger partial charge in [0, 0.05) is 13.1 Å². The standard InChI is InChI=1S/C9H17NO3S/c1-7-5-10-6-9(13-7)3-4-14(11,12)8(9)2/h7-8,10H,3-6H2,1-2H3. The van der Waals surface area contributed by atoms with E-state index in [1.54, 1.807) is 6.92 Å². The molecular formula is C9H17NO3S. The van der Waals surface area contributed by atoms with E-state index < -0.39 is 15.4 Å². The van der Waals surface area contributed by atoms with E-state index in [4.69, 9.17) is 4.74 Å². The van der Waals surface area contributed by atoms with Crippen molar-refractivity contribution in [3.8, 4) is 0 Å². The normalized spacial score (nSPS) is 47.0. The van der Waals surface area contributed by atoms with Crippen LogP contribution in [-0.4, -0.2) is 44.2 Å². The van der Waals surface area contributed by atoms with Crippen molar-refractivity contribution in [1.82, 2.24) is 5.32 Å². The van der Waals surface area contributed by atoms with Crippen molar-refractivity contribution in [2.75, 3.05) is 18.8 Å². The Kier molecular flexibility index (Phi) is 2.36. The summed E-state index contributed by atoms with van der Waals surface area (Å²) in [5.74, 6) is 0.266. The van der Waals surface area contributed by atoms with Gasteiger partial charge in [-0.15, -0.1) is 0 Å². The molecule has 82 valence electrons. The van der Waals surface area contributed by atoms with Crippen LogP contribution >= 0.6 is 0 Å². The molecule has 0 saturated carbocycles. The van der Waals surface area contributed by atoms with E-state index in [1.165, 1.54) is 0 Å². The summed E-state index contributed by atoms with van der Waals surface area (Å²) in [6.07, 6.45) is 0.743. The second kappa shape index (κ2) is 3.18. The van der Waals surface area contributed by atoms with Crippen LogP contribution in [0.5, 0.6) is 0 Å². The van der Waals surface area contributed by atoms with Gasteiger partial charge in [0.1, 0.15) is 0 Å². The van der Waals surface area contributed by atoms with Gasteiger partial charge in [-0.3, -0.25) is 0 Å². The van der Waals surface area contributed by atoms with Crippen molar-refractivity contribution in [2.24, 2.45) is 0 Å². The van der Waals surface area contributed by atoms with Gasteiger partial charge in [0.15, 0.2) is 9.84 Å². The van der Waals surface area contributed by atoms with Gasteiger partial charge < -0.3 is 10.1 Å². The fourth-order valence-corrected chi connectivity index (χ4v) is 4.27. The topological polar surface area (TPSA) is 55.4 Å². The average Bonchev–Trinajstić information content (AvgIpc) is 2.32. The van der Waals surface area contributed by atoms with E-state index in [1.807, 2.05) is 6.92 Å². The maximum Gasteiger partial charge on any atom is 0.155 e. The Bertz CT molecular complexity index is 327. The van der Waals surface area contributed by atoms with E-state index in [-0.39, 0.29) is 17.1 Å². The van der Waals surface area contributed by atoms with Crippen LogP contribution in [0.4, 0.5) is 0 Å². The highest BCUT2D eigenvalue weighted by molar-refractivity contribution is 7.92. The summed E-state index contributed by atoms with van der Waals surface area (Å²) in [7, 11) is -2.92. The molecule has 2 heterocycles. The van der Waals surface area contributed by atoms with Gasteiger partial charge in [-0.2, -0.15) is 0 Å². The number of hydrogen-bond donors (Lipinski definition) is 1. The largest absolute Gasteiger partial charge is 0.368 e. The Balaban J connectivity index is 2.25. The molecule has 2 aliphatic rings. The smallest absolute Gasteiger partial charge is 0.155 e. The molecule has 1 N–H and O–H groups in total. The first kappa shape index (κ1) is 10.4. The van der Waals surface area contributed by atoms with Crippen LogP contribution in [0.15, 0.2) is 0 Å². The number of rotatable bonds is 0. The van der Waals surface area contributed by atoms with Crippen LogP contribution in [0.1, 0.15) is 20.3 Å². The van der Waals surface area contributed by atoms with Gasteiger partial charge in [0.2, 0.25) is 0 Å². The van der Waals surface area contributed by atoms with Crippen molar-refractivity contribution >= 4 is 9.84 Å². The Morgan fingerprint density at radius 3 is 2.64 bits per heavy atom. The molecule has 2 fully saturated rings. The number of sulfone groups is 1. The molecule has 0 bridgehead atoms. The first-order chi connectivity index (χ1) is 6.46. The summed E-state index contributed by atoms with van der Waals surface area (Å²) >= 11 is 0. The Labute approximate surface area is 84.9 Å². The van der Waals surface area contributed by atoms with E-state index in [0.29, 0.717) is 13.0 Å². The predicted molar refractivity (Wildman–Crippen MR) is 54.0 cm³/mol. The Morgan fingerprint density at radius 2 is 2.14 bits per heavy atom. The second-order valence-electron chi connectivity index (χ2n) is 4.38. The fourth-order valence-electron chi connectivity index (χ4n) is 2.38. The van der Waals surface area contributed by atoms with Gasteiger partial charge in [-0.1, -0.05) is 0 Å². The van der Waals surface area contributed by atoms with E-state index in [0.717, 1.165) is 6.54 Å². The van der Waals surface area contributed by atoms with E-state index >= 15 is 0 Å². The Morgan fingerprint density at radius 1 is 1.43 bits per heavy atom. The zero-order valence-corrected chi connectivity index (χ0v) is 9.43. The minimum absolute atomic E-state index is 0.111. The van der Waals surface area contributed by atoms with Gasteiger partial charge in [0.25, 0.3) is 0 Å². The molecule has 0 amide bonds. The predicted octanol–water partition coefficient (Wildman–Crippen LogP) is -0.0595. The molecule has 0 aromatic rings. The molecule has 3 unspecified atom stereocenters. The lowest BCUT2D eigenvalue weighted by Crippen LogP contribution is -2.57. The summed E-state index contributed by atoms with van der Waals surface area (Å²) in [5, 5.41) is 2.88. The highest BCUT2D eigenvalue weighted by Gasteiger charge is 2.52. The second-order valence-corrected chi connectivity index (χ2v) is 6.82. The van der Waals surface area contributed by atoms with Crippen LogP contribution in [-0.2, 0) is 14.6 Å². The summed E-state index contributed by atoms with van der Waals surface area (Å²) < 4.78 is 29.1. The minimum atomic E-state index is -2.92. The lowest BCUT2D eigenvalue weighted by atomic mass is 9.95. The number of morpholine rings is 1. The molecule has 5 heteroatoms. The molecule has 2 aliphatic heterocycles. The number of ether oxygens (including phenoxy) is 1. The first-order valence-corrected chi connectivity index (χ1v) is 6.78. The van der Waals surface area contributed by atoms with Gasteiger partial charge in [-0.05, 0) is 20.3 Å². The minimum Gasteiger partial charge on any atom is -0.368 e. The summed E-state index contributed by atoms with van der Waals surface area (Å²) in [4.78, 5) is 0. The molecule has 0 aliphatic carbocycles. The maximum absolute atomic E-state index is 11.6. The lowest BCUT2D eigenvalue weighted by Gasteiger charge is -2.40. The highest BCUT2D eigenvalue weighted by atomic mass is 32.2. The first-order valence-electron chi connectivity index (χ1n) is 5.06. The van der Waals surface area contributed by atoms with E-state index in [2.05, 4.69) is 5.32 Å². The SMILES string of the molecule is CC1CNCC2(CCS(=O)(=O)C2C)O1. The lowest BCUT2D eigenvalue weighted by molar-refractivity contribution is -0.105. The average molecular weight is 219 g/mol. The van der Waals surface area contributed by atoms with Gasteiger partial charge >= 0.3 is 0 Å². The molecule has 4 nitrogen and oxygen atoms in total. The molecule has 0 aromatic heterocycles. The molecule has 3 atom stereocenters. The van der Waals surface area contributed by atoms with Crippen molar-refractivity contribution in [2.45, 2.75) is 37.2 Å². The highest BCUT2D eigenvalue weighted by Crippen LogP contribution is 2.36. The summed E-state index contributed by atoms with van der Waals surface area (Å²) in [5.41, 5.74) is -0.462. The van der Waals surface area contributed by atoms with Crippen LogP contribution in [0, 0.1) is 0 Å². The third kappa shape index (κ3) is 1.47. The zero-order chi connectivity index (χ0) is 10.4. The zero-order valence-electron chi connectivity index (χ0n) is 8.62. The summed E-state index contributed by atoms with van der Waals surface area (Å²) in [6.45, 7) is 5.22. The molecule has 2 saturated heterocycles. The summed E-state index contributed by atoms with van der Waals surface area (Å²) in [6, 6.07) is 0. The molecule has 0 aromatic carbocycles. The van der Waals surface area contributed by atoms with Crippen molar-refractivity contribution < 1.29 is 13.2 Å². The molecular weight excluding hydrogens is 202 g/mol. The Hall–Kier alpha value is -0.130. The fraction of sp³-hybridized carbons (Fsp3) is 1.00. The van der Waals surface area contributed by atoms with Crippen LogP contribution in [0.3, 0.4) is 0 Å². The molecule has 1 spiro atoms. The van der Waals surface area contributed by atoms with Crippen LogP contribution in [0.25, 0.3) is 0 Å². The molecule has 2 rings (SSSR count). The maximum atomic E-state index is 11.6. The quantitative estimate of drug-likeness (QED) is 0.620. The van der Waals surface area contributed by atoms with Gasteiger partial charge in [-0.25, -0.2) is 8.42 Å². The molecule has 14 heavy (non-hydrogen) atoms. The van der Waals surface area contributed by atoms with Crippen molar-refractivity contribution in [3.05, 3.63) is 0 Å². The molecule has 0 radical (unpaired) electrons. The number of hydrogen-bond acceptors (Lipinski definition) is 4. The van der Waals surface area contributed by atoms with Crippen molar-refractivity contribution in [3.63, 3.8) is 0 Å².